The average Bonchev–Trinajstić information content (AvgIpc) is 3.06. The molecule has 106 valence electrons. The average molecular weight is 290 g/mol. The van der Waals surface area contributed by atoms with Gasteiger partial charge in [0.15, 0.2) is 0 Å². The van der Waals surface area contributed by atoms with E-state index in [1.165, 1.54) is 12.2 Å². The van der Waals surface area contributed by atoms with E-state index in [2.05, 4.69) is 21.1 Å². The van der Waals surface area contributed by atoms with Gasteiger partial charge in [0.2, 0.25) is 5.91 Å². The van der Waals surface area contributed by atoms with E-state index in [9.17, 15) is 4.79 Å². The van der Waals surface area contributed by atoms with E-state index >= 15 is 0 Å². The molecular formula is C14H18N4OS. The van der Waals surface area contributed by atoms with Crippen LogP contribution in [0.5, 0.6) is 0 Å². The van der Waals surface area contributed by atoms with Gasteiger partial charge in [0.1, 0.15) is 5.82 Å². The number of carbonyl (C=O) groups is 1. The van der Waals surface area contributed by atoms with Crippen LogP contribution in [0.1, 0.15) is 27.5 Å². The highest BCUT2D eigenvalue weighted by atomic mass is 32.1. The Bertz CT molecular complexity index is 604. The predicted octanol–water partition coefficient (Wildman–Crippen LogP) is 1.40. The summed E-state index contributed by atoms with van der Waals surface area (Å²) in [4.78, 5) is 16.5. The van der Waals surface area contributed by atoms with Crippen LogP contribution in [-0.2, 0) is 19.5 Å². The SMILES string of the molecule is NC(=O)c1csc(CNC[C@H]2CCc3nccn3C2)c1. The van der Waals surface area contributed by atoms with Gasteiger partial charge in [-0.2, -0.15) is 0 Å². The lowest BCUT2D eigenvalue weighted by atomic mass is 9.99. The van der Waals surface area contributed by atoms with E-state index in [4.69, 9.17) is 5.73 Å². The van der Waals surface area contributed by atoms with Gasteiger partial charge in [-0.05, 0) is 18.4 Å². The zero-order valence-corrected chi connectivity index (χ0v) is 12.0. The van der Waals surface area contributed by atoms with E-state index in [1.807, 2.05) is 17.6 Å². The Labute approximate surface area is 121 Å². The van der Waals surface area contributed by atoms with Crippen LogP contribution in [0.25, 0.3) is 0 Å². The summed E-state index contributed by atoms with van der Waals surface area (Å²) < 4.78 is 2.24. The fourth-order valence-electron chi connectivity index (χ4n) is 2.61. The van der Waals surface area contributed by atoms with Crippen LogP contribution in [-0.4, -0.2) is 22.0 Å². The summed E-state index contributed by atoms with van der Waals surface area (Å²) in [5.74, 6) is 1.49. The molecule has 0 saturated heterocycles. The van der Waals surface area contributed by atoms with Crippen molar-refractivity contribution in [1.29, 1.82) is 0 Å². The minimum atomic E-state index is -0.354. The lowest BCUT2D eigenvalue weighted by Crippen LogP contribution is -2.29. The molecule has 3 rings (SSSR count). The maximum Gasteiger partial charge on any atom is 0.249 e. The van der Waals surface area contributed by atoms with Crippen LogP contribution in [0.15, 0.2) is 23.8 Å². The molecule has 3 N–H and O–H groups in total. The number of hydrogen-bond acceptors (Lipinski definition) is 4. The number of nitrogens with one attached hydrogen (secondary N) is 1. The normalized spacial score (nSPS) is 17.9. The minimum Gasteiger partial charge on any atom is -0.366 e. The first-order valence-electron chi connectivity index (χ1n) is 6.80. The molecule has 0 fully saturated rings. The summed E-state index contributed by atoms with van der Waals surface area (Å²) in [5, 5.41) is 5.29. The van der Waals surface area contributed by atoms with Gasteiger partial charge in [0.25, 0.3) is 0 Å². The van der Waals surface area contributed by atoms with Crippen molar-refractivity contribution in [1.82, 2.24) is 14.9 Å². The molecule has 0 radical (unpaired) electrons. The molecule has 1 aliphatic heterocycles. The molecule has 0 aliphatic carbocycles. The maximum absolute atomic E-state index is 11.0. The number of carbonyl (C=O) groups excluding carboxylic acids is 1. The third-order valence-corrected chi connectivity index (χ3v) is 4.64. The number of rotatable bonds is 5. The maximum atomic E-state index is 11.0. The van der Waals surface area contributed by atoms with Crippen LogP contribution in [0.2, 0.25) is 0 Å². The molecule has 1 atom stereocenters. The van der Waals surface area contributed by atoms with Crippen LogP contribution in [0, 0.1) is 5.92 Å². The van der Waals surface area contributed by atoms with Crippen molar-refractivity contribution < 1.29 is 4.79 Å². The van der Waals surface area contributed by atoms with Gasteiger partial charge < -0.3 is 15.6 Å². The fourth-order valence-corrected chi connectivity index (χ4v) is 3.45. The molecule has 2 aromatic heterocycles. The molecular weight excluding hydrogens is 272 g/mol. The van der Waals surface area contributed by atoms with E-state index in [-0.39, 0.29) is 5.91 Å². The number of primary amides is 1. The van der Waals surface area contributed by atoms with Gasteiger partial charge in [-0.15, -0.1) is 11.3 Å². The second kappa shape index (κ2) is 5.76. The van der Waals surface area contributed by atoms with Gasteiger partial charge in [-0.25, -0.2) is 4.98 Å². The van der Waals surface area contributed by atoms with Crippen molar-refractivity contribution in [2.75, 3.05) is 6.54 Å². The first-order chi connectivity index (χ1) is 9.72. The molecule has 1 amide bonds. The first kappa shape index (κ1) is 13.3. The fraction of sp³-hybridized carbons (Fsp3) is 0.429. The molecule has 0 saturated carbocycles. The highest BCUT2D eigenvalue weighted by molar-refractivity contribution is 7.10. The molecule has 5 nitrogen and oxygen atoms in total. The van der Waals surface area contributed by atoms with Crippen LogP contribution < -0.4 is 11.1 Å². The monoisotopic (exact) mass is 290 g/mol. The predicted molar refractivity (Wildman–Crippen MR) is 78.6 cm³/mol. The summed E-state index contributed by atoms with van der Waals surface area (Å²) in [5.41, 5.74) is 5.85. The zero-order valence-electron chi connectivity index (χ0n) is 11.2. The lowest BCUT2D eigenvalue weighted by molar-refractivity contribution is 0.100. The van der Waals surface area contributed by atoms with Gasteiger partial charge in [0, 0.05) is 48.7 Å². The second-order valence-electron chi connectivity index (χ2n) is 5.20. The Kier molecular flexibility index (Phi) is 3.84. The third-order valence-electron chi connectivity index (χ3n) is 3.70. The van der Waals surface area contributed by atoms with E-state index in [0.717, 1.165) is 30.9 Å². The van der Waals surface area contributed by atoms with Crippen molar-refractivity contribution in [2.24, 2.45) is 11.7 Å². The molecule has 20 heavy (non-hydrogen) atoms. The highest BCUT2D eigenvalue weighted by Gasteiger charge is 2.18. The van der Waals surface area contributed by atoms with E-state index < -0.39 is 0 Å². The number of hydrogen-bond donors (Lipinski definition) is 2. The largest absolute Gasteiger partial charge is 0.366 e. The lowest BCUT2D eigenvalue weighted by Gasteiger charge is -2.23. The van der Waals surface area contributed by atoms with Gasteiger partial charge in [0.05, 0.1) is 5.56 Å². The van der Waals surface area contributed by atoms with Crippen molar-refractivity contribution in [2.45, 2.75) is 25.9 Å². The molecule has 6 heteroatoms. The Hall–Kier alpha value is -1.66. The van der Waals surface area contributed by atoms with Crippen LogP contribution >= 0.6 is 11.3 Å². The van der Waals surface area contributed by atoms with Gasteiger partial charge in [-0.3, -0.25) is 4.79 Å². The Balaban J connectivity index is 1.47. The summed E-state index contributed by atoms with van der Waals surface area (Å²) in [6.45, 7) is 2.83. The second-order valence-corrected chi connectivity index (χ2v) is 6.19. The van der Waals surface area contributed by atoms with Crippen LogP contribution in [0.4, 0.5) is 0 Å². The number of nitrogens with two attached hydrogens (primary N) is 1. The highest BCUT2D eigenvalue weighted by Crippen LogP contribution is 2.18. The number of amides is 1. The number of aryl methyl sites for hydroxylation is 1. The Morgan fingerprint density at radius 3 is 3.30 bits per heavy atom. The van der Waals surface area contributed by atoms with Gasteiger partial charge in [-0.1, -0.05) is 0 Å². The van der Waals surface area contributed by atoms with Crippen molar-refractivity contribution in [3.63, 3.8) is 0 Å². The van der Waals surface area contributed by atoms with Crippen molar-refractivity contribution in [3.8, 4) is 0 Å². The molecule has 2 aromatic rings. The number of aromatic nitrogens is 2. The summed E-state index contributed by atoms with van der Waals surface area (Å²) in [6, 6.07) is 1.87. The van der Waals surface area contributed by atoms with E-state index in [1.54, 1.807) is 11.3 Å². The molecule has 3 heterocycles. The summed E-state index contributed by atoms with van der Waals surface area (Å²) in [6.07, 6.45) is 6.17. The summed E-state index contributed by atoms with van der Waals surface area (Å²) >= 11 is 1.58. The smallest absolute Gasteiger partial charge is 0.249 e. The standard InChI is InChI=1S/C14H18N4OS/c15-14(19)11-5-12(20-9-11)7-16-6-10-1-2-13-17-3-4-18(13)8-10/h3-5,9-10,16H,1-2,6-8H2,(H2,15,19)/t10-/m1/s1. The van der Waals surface area contributed by atoms with Crippen LogP contribution in [0.3, 0.4) is 0 Å². The molecule has 0 unspecified atom stereocenters. The number of fused-ring (bicyclic) bond motifs is 1. The Morgan fingerprint density at radius 1 is 1.60 bits per heavy atom. The Morgan fingerprint density at radius 2 is 2.50 bits per heavy atom. The van der Waals surface area contributed by atoms with Crippen molar-refractivity contribution in [3.05, 3.63) is 40.1 Å². The van der Waals surface area contributed by atoms with E-state index in [0.29, 0.717) is 11.5 Å². The number of nitrogens with zero attached hydrogens (tertiary/aromatic N) is 2. The topological polar surface area (TPSA) is 72.9 Å². The molecule has 1 aliphatic rings. The number of thiophene rings is 1. The molecule has 0 spiro atoms. The summed E-state index contributed by atoms with van der Waals surface area (Å²) in [7, 11) is 0. The third kappa shape index (κ3) is 2.91. The van der Waals surface area contributed by atoms with Gasteiger partial charge >= 0.3 is 0 Å². The quantitative estimate of drug-likeness (QED) is 0.874. The first-order valence-corrected chi connectivity index (χ1v) is 7.68. The van der Waals surface area contributed by atoms with Crippen molar-refractivity contribution >= 4 is 17.2 Å². The number of imidazole rings is 1. The molecule has 0 aromatic carbocycles. The zero-order chi connectivity index (χ0) is 13.9. The minimum absolute atomic E-state index is 0.354. The molecule has 0 bridgehead atoms.